The van der Waals surface area contributed by atoms with Crippen LogP contribution < -0.4 is 5.32 Å². The highest BCUT2D eigenvalue weighted by molar-refractivity contribution is 5.86. The molecule has 1 aromatic carbocycles. The van der Waals surface area contributed by atoms with E-state index in [0.29, 0.717) is 18.4 Å². The van der Waals surface area contributed by atoms with Gasteiger partial charge in [-0.1, -0.05) is 12.1 Å². The van der Waals surface area contributed by atoms with Crippen LogP contribution in [-0.4, -0.2) is 42.3 Å². The van der Waals surface area contributed by atoms with E-state index >= 15 is 0 Å². The first-order valence-electron chi connectivity index (χ1n) is 7.28. The molecule has 1 aromatic rings. The third-order valence-electron chi connectivity index (χ3n) is 3.53. The lowest BCUT2D eigenvalue weighted by Crippen LogP contribution is -2.46. The molecule has 0 radical (unpaired) electrons. The van der Waals surface area contributed by atoms with E-state index in [1.54, 1.807) is 0 Å². The zero-order chi connectivity index (χ0) is 17.7. The van der Waals surface area contributed by atoms with Crippen molar-refractivity contribution in [2.24, 2.45) is 0 Å². The van der Waals surface area contributed by atoms with Crippen molar-refractivity contribution in [3.63, 3.8) is 0 Å². The van der Waals surface area contributed by atoms with Crippen molar-refractivity contribution in [3.8, 4) is 0 Å². The predicted molar refractivity (Wildman–Crippen MR) is 75.4 cm³/mol. The minimum absolute atomic E-state index is 0.126. The topological polar surface area (TPSA) is 58.6 Å². The van der Waals surface area contributed by atoms with Crippen molar-refractivity contribution < 1.29 is 31.9 Å². The van der Waals surface area contributed by atoms with Crippen molar-refractivity contribution in [1.82, 2.24) is 10.2 Å². The highest BCUT2D eigenvalue weighted by atomic mass is 19.4. The van der Waals surface area contributed by atoms with Crippen LogP contribution in [0.1, 0.15) is 18.4 Å². The van der Waals surface area contributed by atoms with E-state index in [2.05, 4.69) is 10.1 Å². The Labute approximate surface area is 135 Å². The fourth-order valence-corrected chi connectivity index (χ4v) is 2.39. The number of hydrogen-bond acceptors (Lipinski definition) is 3. The molecular weight excluding hydrogens is 332 g/mol. The predicted octanol–water partition coefficient (Wildman–Crippen LogP) is 2.61. The second kappa shape index (κ2) is 7.50. The number of rotatable bonds is 4. The quantitative estimate of drug-likeness (QED) is 0.851. The van der Waals surface area contributed by atoms with Gasteiger partial charge in [-0.05, 0) is 30.5 Å². The summed E-state index contributed by atoms with van der Waals surface area (Å²) in [6.07, 6.45) is -4.94. The molecule has 9 heteroatoms. The lowest BCUT2D eigenvalue weighted by Gasteiger charge is -2.23. The third kappa shape index (κ3) is 5.10. The van der Waals surface area contributed by atoms with Gasteiger partial charge in [-0.2, -0.15) is 13.2 Å². The summed E-state index contributed by atoms with van der Waals surface area (Å²) in [6, 6.07) is 4.63. The van der Waals surface area contributed by atoms with Gasteiger partial charge in [0.15, 0.2) is 6.61 Å². The lowest BCUT2D eigenvalue weighted by atomic mass is 10.2. The van der Waals surface area contributed by atoms with Gasteiger partial charge >= 0.3 is 12.3 Å². The number of nitrogens with zero attached hydrogens (tertiary/aromatic N) is 1. The Morgan fingerprint density at radius 3 is 2.54 bits per heavy atom. The molecular formula is C15H16F4N2O3. The molecule has 2 rings (SSSR count). The second-order valence-electron chi connectivity index (χ2n) is 5.37. The number of nitrogens with one attached hydrogen (secondary N) is 1. The molecule has 1 aliphatic rings. The Morgan fingerprint density at radius 1 is 1.25 bits per heavy atom. The summed E-state index contributed by atoms with van der Waals surface area (Å²) in [7, 11) is 0. The second-order valence-corrected chi connectivity index (χ2v) is 5.37. The van der Waals surface area contributed by atoms with Crippen LogP contribution in [0, 0.1) is 5.82 Å². The number of carbonyl (C=O) groups excluding carboxylic acids is 2. The van der Waals surface area contributed by atoms with E-state index in [0.717, 1.165) is 4.90 Å². The zero-order valence-corrected chi connectivity index (χ0v) is 12.6. The lowest BCUT2D eigenvalue weighted by molar-refractivity contribution is -0.162. The van der Waals surface area contributed by atoms with Crippen LogP contribution in [0.2, 0.25) is 0 Å². The molecule has 1 fully saturated rings. The molecule has 0 saturated carbocycles. The number of benzene rings is 1. The number of halogens is 4. The van der Waals surface area contributed by atoms with Gasteiger partial charge in [-0.15, -0.1) is 0 Å². The van der Waals surface area contributed by atoms with Gasteiger partial charge in [0.2, 0.25) is 5.91 Å². The van der Waals surface area contributed by atoms with Gasteiger partial charge < -0.3 is 10.1 Å². The van der Waals surface area contributed by atoms with E-state index in [1.807, 2.05) is 0 Å². The SMILES string of the molecule is O=C(NCc1ccc(F)cc1)C1CCCN1C(=O)OCC(F)(F)F. The van der Waals surface area contributed by atoms with Crippen molar-refractivity contribution in [1.29, 1.82) is 0 Å². The highest BCUT2D eigenvalue weighted by Crippen LogP contribution is 2.21. The first-order valence-corrected chi connectivity index (χ1v) is 7.28. The number of alkyl halides is 3. The van der Waals surface area contributed by atoms with Gasteiger partial charge in [0.1, 0.15) is 11.9 Å². The Bertz CT molecular complexity index is 589. The minimum Gasteiger partial charge on any atom is -0.440 e. The summed E-state index contributed by atoms with van der Waals surface area (Å²) < 4.78 is 53.3. The van der Waals surface area contributed by atoms with E-state index in [-0.39, 0.29) is 13.1 Å². The van der Waals surface area contributed by atoms with Gasteiger partial charge in [-0.25, -0.2) is 9.18 Å². The molecule has 0 aromatic heterocycles. The normalized spacial score (nSPS) is 17.7. The molecule has 132 valence electrons. The van der Waals surface area contributed by atoms with Crippen LogP contribution in [0.5, 0.6) is 0 Å². The number of ether oxygens (including phenoxy) is 1. The molecule has 1 atom stereocenters. The largest absolute Gasteiger partial charge is 0.440 e. The molecule has 1 unspecified atom stereocenters. The van der Waals surface area contributed by atoms with Crippen molar-refractivity contribution >= 4 is 12.0 Å². The fourth-order valence-electron chi connectivity index (χ4n) is 2.39. The maximum atomic E-state index is 12.8. The summed E-state index contributed by atoms with van der Waals surface area (Å²) in [5.41, 5.74) is 0.661. The van der Waals surface area contributed by atoms with Crippen molar-refractivity contribution in [3.05, 3.63) is 35.6 Å². The highest BCUT2D eigenvalue weighted by Gasteiger charge is 2.37. The molecule has 0 spiro atoms. The molecule has 5 nitrogen and oxygen atoms in total. The van der Waals surface area contributed by atoms with E-state index in [1.165, 1.54) is 24.3 Å². The van der Waals surface area contributed by atoms with E-state index in [9.17, 15) is 27.2 Å². The summed E-state index contributed by atoms with van der Waals surface area (Å²) in [5, 5.41) is 2.58. The van der Waals surface area contributed by atoms with Crippen molar-refractivity contribution in [2.75, 3.05) is 13.2 Å². The van der Waals surface area contributed by atoms with Gasteiger partial charge in [-0.3, -0.25) is 9.69 Å². The smallest absolute Gasteiger partial charge is 0.422 e. The number of amides is 2. The van der Waals surface area contributed by atoms with Crippen LogP contribution in [0.3, 0.4) is 0 Å². The van der Waals surface area contributed by atoms with Crippen molar-refractivity contribution in [2.45, 2.75) is 31.6 Å². The van der Waals surface area contributed by atoms with Gasteiger partial charge in [0, 0.05) is 13.1 Å². The third-order valence-corrected chi connectivity index (χ3v) is 3.53. The molecule has 2 amide bonds. The summed E-state index contributed by atoms with van der Waals surface area (Å²) in [4.78, 5) is 24.8. The molecule has 1 N–H and O–H groups in total. The number of hydrogen-bond donors (Lipinski definition) is 1. The summed E-state index contributed by atoms with van der Waals surface area (Å²) in [6.45, 7) is -1.40. The summed E-state index contributed by atoms with van der Waals surface area (Å²) >= 11 is 0. The van der Waals surface area contributed by atoms with Crippen LogP contribution in [0.25, 0.3) is 0 Å². The van der Waals surface area contributed by atoms with Crippen LogP contribution in [0.4, 0.5) is 22.4 Å². The molecule has 1 aliphatic heterocycles. The summed E-state index contributed by atoms with van der Waals surface area (Å²) in [5.74, 6) is -0.889. The average Bonchev–Trinajstić information content (AvgIpc) is 3.01. The van der Waals surface area contributed by atoms with E-state index < -0.39 is 36.6 Å². The molecule has 1 heterocycles. The van der Waals surface area contributed by atoms with E-state index in [4.69, 9.17) is 0 Å². The molecule has 0 bridgehead atoms. The monoisotopic (exact) mass is 348 g/mol. The zero-order valence-electron chi connectivity index (χ0n) is 12.6. The minimum atomic E-state index is -4.62. The van der Waals surface area contributed by atoms with Crippen LogP contribution in [0.15, 0.2) is 24.3 Å². The molecule has 24 heavy (non-hydrogen) atoms. The maximum absolute atomic E-state index is 12.8. The Morgan fingerprint density at radius 2 is 1.92 bits per heavy atom. The first kappa shape index (κ1) is 18.0. The van der Waals surface area contributed by atoms with Crippen LogP contribution in [-0.2, 0) is 16.1 Å². The first-order chi connectivity index (χ1) is 11.3. The Hall–Kier alpha value is -2.32. The van der Waals surface area contributed by atoms with Gasteiger partial charge in [0.05, 0.1) is 0 Å². The Kier molecular flexibility index (Phi) is 5.63. The fraction of sp³-hybridized carbons (Fsp3) is 0.467. The Balaban J connectivity index is 1.88. The number of carbonyl (C=O) groups is 2. The average molecular weight is 348 g/mol. The maximum Gasteiger partial charge on any atom is 0.422 e. The standard InChI is InChI=1S/C15H16F4N2O3/c16-11-5-3-10(4-6-11)8-20-13(22)12-2-1-7-21(12)14(23)24-9-15(17,18)19/h3-6,12H,1-2,7-9H2,(H,20,22). The molecule has 0 aliphatic carbocycles. The van der Waals surface area contributed by atoms with Gasteiger partial charge in [0.25, 0.3) is 0 Å². The van der Waals surface area contributed by atoms with Crippen LogP contribution >= 0.6 is 0 Å². The molecule has 1 saturated heterocycles. The number of likely N-dealkylation sites (tertiary alicyclic amines) is 1.